The zero-order valence-corrected chi connectivity index (χ0v) is 21.3. The van der Waals surface area contributed by atoms with E-state index >= 15 is 0 Å². The van der Waals surface area contributed by atoms with Crippen molar-refractivity contribution in [1.29, 1.82) is 5.26 Å². The number of hydrogen-bond donors (Lipinski definition) is 2. The first-order chi connectivity index (χ1) is 16.1. The number of nitrogens with zero attached hydrogens (tertiary/aromatic N) is 1. The first kappa shape index (κ1) is 24.7. The summed E-state index contributed by atoms with van der Waals surface area (Å²) in [5.74, 6) is 1.33. The lowest BCUT2D eigenvalue weighted by Crippen LogP contribution is -2.57. The number of halogens is 1. The molecule has 6 heteroatoms. The average molecular weight is 480 g/mol. The van der Waals surface area contributed by atoms with Crippen LogP contribution in [-0.4, -0.2) is 23.4 Å². The molecule has 2 fully saturated rings. The summed E-state index contributed by atoms with van der Waals surface area (Å²) in [6, 6.07) is 13.3. The van der Waals surface area contributed by atoms with Crippen molar-refractivity contribution in [1.82, 2.24) is 10.6 Å². The predicted molar refractivity (Wildman–Crippen MR) is 136 cm³/mol. The fourth-order valence-electron chi connectivity index (χ4n) is 5.93. The van der Waals surface area contributed by atoms with Crippen molar-refractivity contribution >= 4 is 17.4 Å². The largest absolute Gasteiger partial charge is 0.454 e. The minimum atomic E-state index is 0.00302. The Kier molecular flexibility index (Phi) is 7.05. The number of piperidine rings is 1. The molecular formula is C28H34ClN3O2. The van der Waals surface area contributed by atoms with E-state index in [0.29, 0.717) is 40.0 Å². The molecule has 0 amide bonds. The second-order valence-corrected chi connectivity index (χ2v) is 11.4. The molecule has 2 aromatic carbocycles. The van der Waals surface area contributed by atoms with Gasteiger partial charge in [0, 0.05) is 29.1 Å². The minimum Gasteiger partial charge on any atom is -0.454 e. The number of carbonyl (C=O) groups is 1. The van der Waals surface area contributed by atoms with E-state index in [1.54, 1.807) is 24.3 Å². The number of rotatable bonds is 6. The summed E-state index contributed by atoms with van der Waals surface area (Å²) in [4.78, 5) is 13.1. The van der Waals surface area contributed by atoms with Crippen LogP contribution in [-0.2, 0) is 0 Å². The Bertz CT molecular complexity index is 1100. The highest BCUT2D eigenvalue weighted by atomic mass is 35.5. The van der Waals surface area contributed by atoms with Crippen LogP contribution in [0.2, 0.25) is 5.02 Å². The number of nitrogens with one attached hydrogen (secondary N) is 2. The molecule has 2 aliphatic rings. The van der Waals surface area contributed by atoms with Gasteiger partial charge < -0.3 is 15.4 Å². The predicted octanol–water partition coefficient (Wildman–Crippen LogP) is 6.56. The molecule has 5 nitrogen and oxygen atoms in total. The van der Waals surface area contributed by atoms with Crippen molar-refractivity contribution in [2.45, 2.75) is 76.9 Å². The van der Waals surface area contributed by atoms with Gasteiger partial charge in [-0.3, -0.25) is 4.79 Å². The van der Waals surface area contributed by atoms with Crippen molar-refractivity contribution in [3.63, 3.8) is 0 Å². The molecular weight excluding hydrogens is 446 g/mol. The molecule has 2 saturated heterocycles. The Labute approximate surface area is 207 Å². The van der Waals surface area contributed by atoms with Crippen LogP contribution < -0.4 is 15.4 Å². The van der Waals surface area contributed by atoms with Crippen molar-refractivity contribution < 1.29 is 9.53 Å². The zero-order chi connectivity index (χ0) is 24.5. The monoisotopic (exact) mass is 479 g/mol. The quantitative estimate of drug-likeness (QED) is 0.459. The average Bonchev–Trinajstić information content (AvgIpc) is 3.27. The molecule has 0 aliphatic carbocycles. The van der Waals surface area contributed by atoms with Crippen LogP contribution in [0.15, 0.2) is 36.4 Å². The van der Waals surface area contributed by atoms with Gasteiger partial charge in [0.2, 0.25) is 0 Å². The molecule has 1 atom stereocenters. The number of Topliss-reactive ketones (excluding diaryl/α,β-unsaturated/α-hetero) is 1. The lowest BCUT2D eigenvalue weighted by molar-refractivity contribution is 0.0864. The minimum absolute atomic E-state index is 0.00302. The molecule has 2 aromatic rings. The highest BCUT2D eigenvalue weighted by Gasteiger charge is 2.38. The fraction of sp³-hybridized carbons (Fsp3) is 0.500. The molecule has 0 bridgehead atoms. The highest BCUT2D eigenvalue weighted by molar-refractivity contribution is 6.32. The maximum atomic E-state index is 13.1. The SMILES string of the molecule is CC1(C)CC(CC(=O)c2ccc(Oc3cccc(C4CCCN4)c3C#N)c(Cl)c2)CC(C)(C)N1. The molecule has 4 rings (SSSR count). The molecule has 0 aromatic heterocycles. The van der Waals surface area contributed by atoms with Crippen molar-refractivity contribution in [3.05, 3.63) is 58.1 Å². The van der Waals surface area contributed by atoms with E-state index in [-0.39, 0.29) is 22.9 Å². The Hall–Kier alpha value is -2.39. The smallest absolute Gasteiger partial charge is 0.163 e. The van der Waals surface area contributed by atoms with Crippen molar-refractivity contribution in [2.24, 2.45) is 5.92 Å². The summed E-state index contributed by atoms with van der Waals surface area (Å²) < 4.78 is 6.07. The summed E-state index contributed by atoms with van der Waals surface area (Å²) in [5, 5.41) is 17.3. The summed E-state index contributed by atoms with van der Waals surface area (Å²) in [5.41, 5.74) is 2.07. The zero-order valence-electron chi connectivity index (χ0n) is 20.5. The van der Waals surface area contributed by atoms with Crippen molar-refractivity contribution in [2.75, 3.05) is 6.54 Å². The molecule has 0 spiro atoms. The van der Waals surface area contributed by atoms with Crippen LogP contribution in [0.5, 0.6) is 11.5 Å². The van der Waals surface area contributed by atoms with Crippen LogP contribution >= 0.6 is 11.6 Å². The van der Waals surface area contributed by atoms with Gasteiger partial charge in [0.05, 0.1) is 10.6 Å². The van der Waals surface area contributed by atoms with E-state index < -0.39 is 0 Å². The maximum Gasteiger partial charge on any atom is 0.163 e. The van der Waals surface area contributed by atoms with E-state index in [1.807, 2.05) is 12.1 Å². The van der Waals surface area contributed by atoms with Gasteiger partial charge in [0.15, 0.2) is 5.78 Å². The first-order valence-electron chi connectivity index (χ1n) is 12.1. The molecule has 180 valence electrons. The lowest BCUT2D eigenvalue weighted by atomic mass is 9.74. The number of ketones is 1. The molecule has 0 saturated carbocycles. The number of hydrogen-bond acceptors (Lipinski definition) is 5. The molecule has 0 radical (unpaired) electrons. The number of benzene rings is 2. The molecule has 34 heavy (non-hydrogen) atoms. The topological polar surface area (TPSA) is 74.1 Å². The van der Waals surface area contributed by atoms with Crippen LogP contribution in [0.1, 0.15) is 87.3 Å². The van der Waals surface area contributed by atoms with E-state index in [4.69, 9.17) is 16.3 Å². The Morgan fingerprint density at radius 1 is 1.15 bits per heavy atom. The third kappa shape index (κ3) is 5.63. The van der Waals surface area contributed by atoms with Gasteiger partial charge in [0.1, 0.15) is 17.6 Å². The number of ether oxygens (including phenoxy) is 1. The second kappa shape index (κ2) is 9.70. The molecule has 2 heterocycles. The molecule has 2 N–H and O–H groups in total. The van der Waals surface area contributed by atoms with Gasteiger partial charge in [0.25, 0.3) is 0 Å². The van der Waals surface area contributed by atoms with Crippen LogP contribution in [0.25, 0.3) is 0 Å². The molecule has 1 unspecified atom stereocenters. The first-order valence-corrected chi connectivity index (χ1v) is 12.5. The van der Waals surface area contributed by atoms with Gasteiger partial charge in [-0.15, -0.1) is 0 Å². The summed E-state index contributed by atoms with van der Waals surface area (Å²) in [6.45, 7) is 9.74. The summed E-state index contributed by atoms with van der Waals surface area (Å²) >= 11 is 6.54. The van der Waals surface area contributed by atoms with Crippen LogP contribution in [0.3, 0.4) is 0 Å². The Balaban J connectivity index is 1.49. The second-order valence-electron chi connectivity index (χ2n) is 11.0. The Morgan fingerprint density at radius 2 is 1.88 bits per heavy atom. The third-order valence-corrected chi connectivity index (χ3v) is 7.12. The van der Waals surface area contributed by atoms with Gasteiger partial charge in [-0.05, 0) is 95.7 Å². The van der Waals surface area contributed by atoms with Gasteiger partial charge in [-0.2, -0.15) is 5.26 Å². The van der Waals surface area contributed by atoms with Gasteiger partial charge in [-0.25, -0.2) is 0 Å². The summed E-state index contributed by atoms with van der Waals surface area (Å²) in [6.07, 6.45) is 4.51. The maximum absolute atomic E-state index is 13.1. The summed E-state index contributed by atoms with van der Waals surface area (Å²) in [7, 11) is 0. The standard InChI is InChI=1S/C28H34ClN3O2/c1-27(2)15-18(16-28(3,4)32-27)13-24(33)19-10-11-26(22(29)14-19)34-25-9-5-7-20(21(25)17-30)23-8-6-12-31-23/h5,7,9-11,14,18,23,31-32H,6,8,12-13,15-16H2,1-4H3. The van der Waals surface area contributed by atoms with E-state index in [2.05, 4.69) is 44.4 Å². The van der Waals surface area contributed by atoms with Crippen LogP contribution in [0.4, 0.5) is 0 Å². The van der Waals surface area contributed by atoms with E-state index in [0.717, 1.165) is 37.8 Å². The van der Waals surface area contributed by atoms with Gasteiger partial charge >= 0.3 is 0 Å². The lowest BCUT2D eigenvalue weighted by Gasteiger charge is -2.46. The van der Waals surface area contributed by atoms with Crippen molar-refractivity contribution in [3.8, 4) is 17.6 Å². The van der Waals surface area contributed by atoms with Gasteiger partial charge in [-0.1, -0.05) is 23.7 Å². The molecule has 2 aliphatic heterocycles. The van der Waals surface area contributed by atoms with Crippen LogP contribution in [0, 0.1) is 17.2 Å². The number of carbonyl (C=O) groups excluding carboxylic acids is 1. The fourth-order valence-corrected chi connectivity index (χ4v) is 6.15. The Morgan fingerprint density at radius 3 is 2.50 bits per heavy atom. The highest BCUT2D eigenvalue weighted by Crippen LogP contribution is 2.38. The van der Waals surface area contributed by atoms with E-state index in [1.165, 1.54) is 0 Å². The number of nitriles is 1. The third-order valence-electron chi connectivity index (χ3n) is 6.83. The normalized spacial score (nSPS) is 21.7. The van der Waals surface area contributed by atoms with E-state index in [9.17, 15) is 10.1 Å².